The average Bonchev–Trinajstić information content (AvgIpc) is 2.93. The maximum atomic E-state index is 12.6. The summed E-state index contributed by atoms with van der Waals surface area (Å²) in [6.45, 7) is 0.111. The monoisotopic (exact) mass is 369 g/mol. The highest BCUT2D eigenvalue weighted by molar-refractivity contribution is 7.89. The summed E-state index contributed by atoms with van der Waals surface area (Å²) in [7, 11) is -3.88. The van der Waals surface area contributed by atoms with Crippen LogP contribution in [0.15, 0.2) is 17.2 Å². The van der Waals surface area contributed by atoms with Crippen LogP contribution in [0.25, 0.3) is 0 Å². The maximum absolute atomic E-state index is 12.6. The third-order valence-electron chi connectivity index (χ3n) is 3.57. The Bertz CT molecular complexity index is 643. The molecule has 0 saturated carbocycles. The fraction of sp³-hybridized carbons (Fsp3) is 0.615. The molecule has 0 bridgehead atoms. The van der Waals surface area contributed by atoms with E-state index in [4.69, 9.17) is 21.5 Å². The Balaban J connectivity index is 1.96. The topological polar surface area (TPSA) is 85.5 Å². The summed E-state index contributed by atoms with van der Waals surface area (Å²) in [5, 5.41) is 5.04. The number of alkyl halides is 2. The molecular formula is C13H18ClF2N3O3S. The number of primary sulfonamides is 1. The van der Waals surface area contributed by atoms with Gasteiger partial charge in [-0.25, -0.2) is 18.5 Å². The van der Waals surface area contributed by atoms with Crippen molar-refractivity contribution in [2.45, 2.75) is 17.4 Å². The number of aromatic nitrogens is 1. The molecule has 1 aromatic heterocycles. The molecular weight excluding hydrogens is 352 g/mol. The molecule has 1 atom stereocenters. The second-order valence-electron chi connectivity index (χ2n) is 5.47. The summed E-state index contributed by atoms with van der Waals surface area (Å²) in [4.78, 5) is 5.59. The predicted octanol–water partition coefficient (Wildman–Crippen LogP) is 1.39. The van der Waals surface area contributed by atoms with Crippen molar-refractivity contribution in [1.29, 1.82) is 0 Å². The van der Waals surface area contributed by atoms with Crippen molar-refractivity contribution in [3.05, 3.63) is 17.3 Å². The summed E-state index contributed by atoms with van der Waals surface area (Å²) < 4.78 is 53.2. The Morgan fingerprint density at radius 1 is 1.48 bits per heavy atom. The largest absolute Gasteiger partial charge is 0.472 e. The molecule has 130 valence electrons. The molecule has 2 N–H and O–H groups in total. The molecule has 1 fully saturated rings. The summed E-state index contributed by atoms with van der Waals surface area (Å²) in [5.41, 5.74) is 0. The molecule has 1 aliphatic heterocycles. The molecule has 2 heterocycles. The van der Waals surface area contributed by atoms with Crippen LogP contribution in [0.1, 0.15) is 6.42 Å². The first-order valence-electron chi connectivity index (χ1n) is 7.02. The van der Waals surface area contributed by atoms with Crippen LogP contribution in [-0.2, 0) is 10.0 Å². The van der Waals surface area contributed by atoms with Gasteiger partial charge in [-0.05, 0) is 12.5 Å². The van der Waals surface area contributed by atoms with Crippen molar-refractivity contribution < 1.29 is 21.9 Å². The molecule has 6 nitrogen and oxygen atoms in total. The quantitative estimate of drug-likeness (QED) is 0.785. The van der Waals surface area contributed by atoms with Gasteiger partial charge in [0.25, 0.3) is 0 Å². The molecule has 1 saturated heterocycles. The third-order valence-corrected chi connectivity index (χ3v) is 4.72. The van der Waals surface area contributed by atoms with Crippen LogP contribution < -0.4 is 9.88 Å². The third kappa shape index (κ3) is 4.97. The zero-order valence-corrected chi connectivity index (χ0v) is 13.9. The highest BCUT2D eigenvalue weighted by atomic mass is 35.5. The van der Waals surface area contributed by atoms with E-state index >= 15 is 0 Å². The first kappa shape index (κ1) is 18.3. The molecule has 23 heavy (non-hydrogen) atoms. The van der Waals surface area contributed by atoms with Gasteiger partial charge in [0.15, 0.2) is 0 Å². The molecule has 0 spiro atoms. The van der Waals surface area contributed by atoms with E-state index in [0.29, 0.717) is 26.1 Å². The van der Waals surface area contributed by atoms with Crippen LogP contribution in [0.5, 0.6) is 5.88 Å². The lowest BCUT2D eigenvalue weighted by Crippen LogP contribution is -2.31. The van der Waals surface area contributed by atoms with Crippen LogP contribution >= 0.6 is 11.6 Å². The van der Waals surface area contributed by atoms with Gasteiger partial charge in [-0.1, -0.05) is 11.6 Å². The lowest BCUT2D eigenvalue weighted by Gasteiger charge is -2.20. The van der Waals surface area contributed by atoms with E-state index in [0.717, 1.165) is 6.20 Å². The van der Waals surface area contributed by atoms with E-state index in [-0.39, 0.29) is 21.9 Å². The second kappa shape index (κ2) is 7.69. The summed E-state index contributed by atoms with van der Waals surface area (Å²) in [6, 6.07) is 1.17. The molecule has 1 aliphatic rings. The van der Waals surface area contributed by atoms with Gasteiger partial charge < -0.3 is 4.74 Å². The van der Waals surface area contributed by atoms with E-state index in [9.17, 15) is 17.2 Å². The number of likely N-dealkylation sites (tertiary alicyclic amines) is 1. The SMILES string of the molecule is NS(=O)(=O)c1cnc(O[C@@H]2CCN(CC(CF)CF)C2)c(Cl)c1. The van der Waals surface area contributed by atoms with Gasteiger partial charge in [0.05, 0.1) is 19.5 Å². The standard InChI is InChI=1S/C13H18ClF2N3O3S/c14-12-3-11(23(17,20)21)6-18-13(12)22-10-1-2-19(8-10)7-9(4-15)5-16/h3,6,9-10H,1-2,4-5,7-8H2,(H2,17,20,21)/t10-/m1/s1. The number of nitrogens with two attached hydrogens (primary N) is 1. The smallest absolute Gasteiger partial charge is 0.239 e. The number of sulfonamides is 1. The van der Waals surface area contributed by atoms with Gasteiger partial charge in [-0.2, -0.15) is 0 Å². The van der Waals surface area contributed by atoms with Gasteiger partial charge in [-0.15, -0.1) is 0 Å². The second-order valence-corrected chi connectivity index (χ2v) is 7.43. The minimum atomic E-state index is -3.88. The average molecular weight is 370 g/mol. The Morgan fingerprint density at radius 2 is 2.17 bits per heavy atom. The minimum absolute atomic E-state index is 0.0420. The van der Waals surface area contributed by atoms with Gasteiger partial charge in [0.2, 0.25) is 15.9 Å². The van der Waals surface area contributed by atoms with Crippen molar-refractivity contribution in [2.24, 2.45) is 11.1 Å². The number of halogens is 3. The van der Waals surface area contributed by atoms with Crippen LogP contribution in [0.4, 0.5) is 8.78 Å². The Hall–Kier alpha value is -1.03. The van der Waals surface area contributed by atoms with E-state index in [1.165, 1.54) is 6.07 Å². The van der Waals surface area contributed by atoms with Crippen molar-refractivity contribution in [2.75, 3.05) is 33.0 Å². The first-order valence-corrected chi connectivity index (χ1v) is 8.95. The Kier molecular flexibility index (Phi) is 6.12. The number of nitrogens with zero attached hydrogens (tertiary/aromatic N) is 2. The summed E-state index contributed by atoms with van der Waals surface area (Å²) >= 11 is 5.96. The van der Waals surface area contributed by atoms with Crippen LogP contribution in [-0.4, -0.2) is 57.4 Å². The van der Waals surface area contributed by atoms with Crippen LogP contribution in [0.3, 0.4) is 0 Å². The van der Waals surface area contributed by atoms with Crippen molar-refractivity contribution in [3.8, 4) is 5.88 Å². The molecule has 0 amide bonds. The van der Waals surface area contributed by atoms with Gasteiger partial charge in [0.1, 0.15) is 16.0 Å². The van der Waals surface area contributed by atoms with E-state index in [1.807, 2.05) is 4.90 Å². The van der Waals surface area contributed by atoms with E-state index < -0.39 is 29.3 Å². The number of pyridine rings is 1. The van der Waals surface area contributed by atoms with Gasteiger partial charge in [-0.3, -0.25) is 13.7 Å². The Labute approximate surface area is 138 Å². The molecule has 2 rings (SSSR count). The summed E-state index contributed by atoms with van der Waals surface area (Å²) in [5.74, 6) is -0.511. The fourth-order valence-corrected chi connectivity index (χ4v) is 3.13. The van der Waals surface area contributed by atoms with Crippen molar-refractivity contribution in [3.63, 3.8) is 0 Å². The van der Waals surface area contributed by atoms with E-state index in [2.05, 4.69) is 4.98 Å². The number of hydrogen-bond acceptors (Lipinski definition) is 5. The molecule has 0 aromatic carbocycles. The minimum Gasteiger partial charge on any atom is -0.472 e. The lowest BCUT2D eigenvalue weighted by molar-refractivity contribution is 0.169. The highest BCUT2D eigenvalue weighted by Gasteiger charge is 2.27. The number of ether oxygens (including phenoxy) is 1. The predicted molar refractivity (Wildman–Crippen MR) is 81.5 cm³/mol. The zero-order valence-electron chi connectivity index (χ0n) is 12.3. The number of rotatable bonds is 7. The normalized spacial score (nSPS) is 19.4. The van der Waals surface area contributed by atoms with Gasteiger partial charge in [0, 0.05) is 25.6 Å². The first-order chi connectivity index (χ1) is 10.8. The Morgan fingerprint density at radius 3 is 2.74 bits per heavy atom. The summed E-state index contributed by atoms with van der Waals surface area (Å²) in [6.07, 6.45) is 1.52. The maximum Gasteiger partial charge on any atom is 0.239 e. The van der Waals surface area contributed by atoms with Crippen molar-refractivity contribution >= 4 is 21.6 Å². The highest BCUT2D eigenvalue weighted by Crippen LogP contribution is 2.27. The molecule has 1 aromatic rings. The van der Waals surface area contributed by atoms with Crippen LogP contribution in [0.2, 0.25) is 5.02 Å². The van der Waals surface area contributed by atoms with Crippen LogP contribution in [0, 0.1) is 5.92 Å². The fourth-order valence-electron chi connectivity index (χ4n) is 2.37. The van der Waals surface area contributed by atoms with Crippen molar-refractivity contribution in [1.82, 2.24) is 9.88 Å². The van der Waals surface area contributed by atoms with E-state index in [1.54, 1.807) is 0 Å². The zero-order chi connectivity index (χ0) is 17.0. The molecule has 0 radical (unpaired) electrons. The molecule has 0 unspecified atom stereocenters. The van der Waals surface area contributed by atoms with Gasteiger partial charge >= 0.3 is 0 Å². The number of hydrogen-bond donors (Lipinski definition) is 1. The molecule has 0 aliphatic carbocycles. The lowest BCUT2D eigenvalue weighted by atomic mass is 10.2. The molecule has 10 heteroatoms.